The fourth-order valence-electron chi connectivity index (χ4n) is 6.49. The van der Waals surface area contributed by atoms with E-state index in [9.17, 15) is 19.2 Å². The number of Topliss-reactive ketones (excluding diaryl/α,β-unsaturated/α-hetero) is 1. The minimum absolute atomic E-state index is 0.138. The van der Waals surface area contributed by atoms with Crippen molar-refractivity contribution < 1.29 is 33.4 Å². The van der Waals surface area contributed by atoms with E-state index in [4.69, 9.17) is 14.2 Å². The molecule has 2 amide bonds. The van der Waals surface area contributed by atoms with Crippen LogP contribution in [-0.2, 0) is 19.1 Å². The Bertz CT molecular complexity index is 1640. The number of carbonyl (C=O) groups is 4. The summed E-state index contributed by atoms with van der Waals surface area (Å²) in [5.74, 6) is -1.08. The van der Waals surface area contributed by atoms with Gasteiger partial charge in [-0.2, -0.15) is 0 Å². The van der Waals surface area contributed by atoms with Crippen LogP contribution in [0.15, 0.2) is 66.7 Å². The maximum absolute atomic E-state index is 14.5. The number of hydrogen-bond donors (Lipinski definition) is 1. The van der Waals surface area contributed by atoms with Crippen molar-refractivity contribution >= 4 is 29.3 Å². The second-order valence-electron chi connectivity index (χ2n) is 12.2. The molecule has 0 bridgehead atoms. The monoisotopic (exact) mass is 639 g/mol. The van der Waals surface area contributed by atoms with Crippen molar-refractivity contribution in [2.45, 2.75) is 51.9 Å². The van der Waals surface area contributed by atoms with Gasteiger partial charge in [0.1, 0.15) is 5.75 Å². The summed E-state index contributed by atoms with van der Waals surface area (Å²) >= 11 is 0. The van der Waals surface area contributed by atoms with E-state index in [1.54, 1.807) is 41.3 Å². The molecule has 3 aromatic carbocycles. The summed E-state index contributed by atoms with van der Waals surface area (Å²) in [7, 11) is 0. The predicted molar refractivity (Wildman–Crippen MR) is 175 cm³/mol. The number of benzene rings is 3. The molecule has 2 aliphatic heterocycles. The van der Waals surface area contributed by atoms with Crippen LogP contribution in [0.2, 0.25) is 0 Å². The van der Waals surface area contributed by atoms with Crippen LogP contribution in [0.3, 0.4) is 0 Å². The van der Waals surface area contributed by atoms with Crippen LogP contribution in [0.4, 0.5) is 5.69 Å². The van der Waals surface area contributed by atoms with Crippen molar-refractivity contribution in [3.63, 3.8) is 0 Å². The number of ketones is 1. The van der Waals surface area contributed by atoms with Crippen molar-refractivity contribution in [2.75, 3.05) is 44.7 Å². The van der Waals surface area contributed by atoms with E-state index in [0.29, 0.717) is 61.8 Å². The lowest BCUT2D eigenvalue weighted by molar-refractivity contribution is -0.140. The lowest BCUT2D eigenvalue weighted by Gasteiger charge is -2.36. The lowest BCUT2D eigenvalue weighted by Crippen LogP contribution is -2.51. The molecule has 6 rings (SSSR count). The molecular weight excluding hydrogens is 598 g/mol. The van der Waals surface area contributed by atoms with Crippen LogP contribution in [0.25, 0.3) is 0 Å². The number of hydrogen-bond acceptors (Lipinski definition) is 8. The number of rotatable bonds is 10. The van der Waals surface area contributed by atoms with Crippen molar-refractivity contribution in [3.05, 3.63) is 94.5 Å². The van der Waals surface area contributed by atoms with Gasteiger partial charge in [-0.15, -0.1) is 0 Å². The highest BCUT2D eigenvalue weighted by atomic mass is 16.7. The minimum atomic E-state index is -0.736. The highest BCUT2D eigenvalue weighted by Crippen LogP contribution is 2.45. The quantitative estimate of drug-likeness (QED) is 0.176. The van der Waals surface area contributed by atoms with E-state index >= 15 is 0 Å². The van der Waals surface area contributed by atoms with Crippen molar-refractivity contribution in [1.82, 2.24) is 9.80 Å². The Morgan fingerprint density at radius 1 is 0.851 bits per heavy atom. The van der Waals surface area contributed by atoms with Gasteiger partial charge in [-0.1, -0.05) is 42.5 Å². The largest absolute Gasteiger partial charge is 0.426 e. The van der Waals surface area contributed by atoms with Gasteiger partial charge >= 0.3 is 5.97 Å². The topological polar surface area (TPSA) is 114 Å². The van der Waals surface area contributed by atoms with Crippen molar-refractivity contribution in [3.8, 4) is 5.75 Å². The average Bonchev–Trinajstić information content (AvgIpc) is 3.93. The Labute approximate surface area is 275 Å². The molecule has 3 aromatic rings. The highest BCUT2D eigenvalue weighted by molar-refractivity contribution is 6.10. The van der Waals surface area contributed by atoms with Gasteiger partial charge in [0.15, 0.2) is 12.1 Å². The number of piperazine rings is 1. The zero-order chi connectivity index (χ0) is 33.1. The summed E-state index contributed by atoms with van der Waals surface area (Å²) in [4.78, 5) is 56.3. The molecule has 2 atom stereocenters. The molecule has 1 saturated heterocycles. The molecule has 0 spiro atoms. The molecule has 2 heterocycles. The van der Waals surface area contributed by atoms with Gasteiger partial charge in [-0.05, 0) is 62.1 Å². The van der Waals surface area contributed by atoms with E-state index in [1.165, 1.54) is 6.92 Å². The Hall–Kier alpha value is -4.54. The second-order valence-corrected chi connectivity index (χ2v) is 12.2. The van der Waals surface area contributed by atoms with Gasteiger partial charge in [0.05, 0.1) is 17.5 Å². The molecule has 0 radical (unpaired) electrons. The standard InChI is InChI=1S/C37H41N3O7/c1-4-45-37(46-5-2)26-16-12-24(13-17-26)33-31(34(42)32-29(38-33)10-7-11-30(32)47-23(3)41)27-8-6-9-28(22-27)36(44)40-20-18-39(19-21-40)35(43)25-14-15-25/h6-13,16-17,22,25,31,33,37-38H,4-5,14-15,18-21H2,1-3H3. The summed E-state index contributed by atoms with van der Waals surface area (Å²) in [6.45, 7) is 8.10. The second kappa shape index (κ2) is 14.1. The molecule has 1 saturated carbocycles. The van der Waals surface area contributed by atoms with Gasteiger partial charge in [0.2, 0.25) is 5.91 Å². The van der Waals surface area contributed by atoms with Gasteiger partial charge < -0.3 is 29.3 Å². The van der Waals surface area contributed by atoms with E-state index < -0.39 is 24.2 Å². The maximum Gasteiger partial charge on any atom is 0.308 e. The molecule has 10 heteroatoms. The number of fused-ring (bicyclic) bond motifs is 1. The van der Waals surface area contributed by atoms with Gasteiger partial charge in [-0.3, -0.25) is 19.2 Å². The molecule has 2 fully saturated rings. The third-order valence-corrected chi connectivity index (χ3v) is 8.95. The van der Waals surface area contributed by atoms with Crippen LogP contribution < -0.4 is 10.1 Å². The van der Waals surface area contributed by atoms with E-state index in [0.717, 1.165) is 24.0 Å². The van der Waals surface area contributed by atoms with Crippen LogP contribution in [0.5, 0.6) is 5.75 Å². The number of amides is 2. The van der Waals surface area contributed by atoms with Crippen LogP contribution >= 0.6 is 0 Å². The highest BCUT2D eigenvalue weighted by Gasteiger charge is 2.40. The molecule has 1 aliphatic carbocycles. The molecule has 1 N–H and O–H groups in total. The van der Waals surface area contributed by atoms with E-state index in [2.05, 4.69) is 5.32 Å². The Balaban J connectivity index is 1.32. The van der Waals surface area contributed by atoms with Crippen LogP contribution in [0, 0.1) is 5.92 Å². The van der Waals surface area contributed by atoms with Gasteiger partial charge in [0.25, 0.3) is 5.91 Å². The molecule has 0 aromatic heterocycles. The average molecular weight is 640 g/mol. The first-order chi connectivity index (χ1) is 22.8. The minimum Gasteiger partial charge on any atom is -0.426 e. The predicted octanol–water partition coefficient (Wildman–Crippen LogP) is 5.51. The van der Waals surface area contributed by atoms with E-state index in [-0.39, 0.29) is 29.3 Å². The molecule has 2 unspecified atom stereocenters. The zero-order valence-electron chi connectivity index (χ0n) is 27.1. The third-order valence-electron chi connectivity index (χ3n) is 8.95. The first-order valence-corrected chi connectivity index (χ1v) is 16.4. The van der Waals surface area contributed by atoms with E-state index in [1.807, 2.05) is 49.1 Å². The number of nitrogens with one attached hydrogen (secondary N) is 1. The molecule has 10 nitrogen and oxygen atoms in total. The van der Waals surface area contributed by atoms with Gasteiger partial charge in [0, 0.05) is 69.0 Å². The van der Waals surface area contributed by atoms with Crippen LogP contribution in [-0.4, -0.2) is 72.8 Å². The lowest BCUT2D eigenvalue weighted by atomic mass is 9.77. The fraction of sp³-hybridized carbons (Fsp3) is 0.405. The Morgan fingerprint density at radius 2 is 1.51 bits per heavy atom. The number of esters is 1. The first kappa shape index (κ1) is 32.4. The number of nitrogens with zero attached hydrogens (tertiary/aromatic N) is 2. The first-order valence-electron chi connectivity index (χ1n) is 16.4. The molecular formula is C37H41N3O7. The van der Waals surface area contributed by atoms with Gasteiger partial charge in [-0.25, -0.2) is 0 Å². The van der Waals surface area contributed by atoms with Crippen LogP contribution in [0.1, 0.15) is 89.3 Å². The Morgan fingerprint density at radius 3 is 2.15 bits per heavy atom. The normalized spacial score (nSPS) is 19.3. The maximum atomic E-state index is 14.5. The third kappa shape index (κ3) is 6.94. The van der Waals surface area contributed by atoms with Crippen molar-refractivity contribution in [2.24, 2.45) is 5.92 Å². The summed E-state index contributed by atoms with van der Waals surface area (Å²) in [6.07, 6.45) is 1.41. The van der Waals surface area contributed by atoms with Crippen molar-refractivity contribution in [1.29, 1.82) is 0 Å². The number of anilines is 1. The fourth-order valence-corrected chi connectivity index (χ4v) is 6.49. The summed E-state index contributed by atoms with van der Waals surface area (Å²) in [5, 5.41) is 3.54. The summed E-state index contributed by atoms with van der Waals surface area (Å²) in [6, 6.07) is 19.6. The Kier molecular flexibility index (Phi) is 9.70. The smallest absolute Gasteiger partial charge is 0.308 e. The number of ether oxygens (including phenoxy) is 3. The number of carbonyl (C=O) groups excluding carboxylic acids is 4. The molecule has 3 aliphatic rings. The SMILES string of the molecule is CCOC(OCC)c1ccc(C2Nc3cccc(OC(C)=O)c3C(=O)C2c2cccc(C(=O)N3CCN(C(=O)C4CC4)CC3)c2)cc1. The summed E-state index contributed by atoms with van der Waals surface area (Å²) < 4.78 is 17.0. The molecule has 246 valence electrons. The zero-order valence-corrected chi connectivity index (χ0v) is 27.1. The molecule has 47 heavy (non-hydrogen) atoms. The summed E-state index contributed by atoms with van der Waals surface area (Å²) in [5.41, 5.74) is 3.71.